The number of hydrogen-bond acceptors (Lipinski definition) is 7. The van der Waals surface area contributed by atoms with Crippen molar-refractivity contribution in [2.24, 2.45) is 0 Å². The van der Waals surface area contributed by atoms with Crippen LogP contribution in [0.1, 0.15) is 5.76 Å². The molecule has 0 saturated heterocycles. The van der Waals surface area contributed by atoms with Gasteiger partial charge in [0.25, 0.3) is 0 Å². The second-order valence-electron chi connectivity index (χ2n) is 4.40. The monoisotopic (exact) mass is 360 g/mol. The van der Waals surface area contributed by atoms with Gasteiger partial charge in [0.1, 0.15) is 23.6 Å². The van der Waals surface area contributed by atoms with Crippen LogP contribution in [0.15, 0.2) is 51.9 Å². The second-order valence-corrected chi connectivity index (χ2v) is 5.32. The Morgan fingerprint density at radius 2 is 2.00 bits per heavy atom. The first kappa shape index (κ1) is 14.3. The van der Waals surface area contributed by atoms with Crippen LogP contribution in [0, 0.1) is 0 Å². The summed E-state index contributed by atoms with van der Waals surface area (Å²) in [7, 11) is 0. The molecule has 8 heteroatoms. The third-order valence-electron chi connectivity index (χ3n) is 2.87. The lowest BCUT2D eigenvalue weighted by Gasteiger charge is -2.11. The molecular formula is C14H13BrN6O. The van der Waals surface area contributed by atoms with E-state index < -0.39 is 0 Å². The maximum Gasteiger partial charge on any atom is 0.160 e. The van der Waals surface area contributed by atoms with Crippen molar-refractivity contribution in [3.05, 3.63) is 53.3 Å². The maximum absolute atomic E-state index is 6.08. The first-order valence-electron chi connectivity index (χ1n) is 6.47. The zero-order valence-corrected chi connectivity index (χ0v) is 13.0. The predicted molar refractivity (Wildman–Crippen MR) is 87.7 cm³/mol. The molecule has 7 nitrogen and oxygen atoms in total. The molecule has 0 aromatic carbocycles. The number of nitrogen functional groups attached to an aromatic ring is 1. The van der Waals surface area contributed by atoms with E-state index in [-0.39, 0.29) is 0 Å². The van der Waals surface area contributed by atoms with Gasteiger partial charge in [-0.25, -0.2) is 15.0 Å². The summed E-state index contributed by atoms with van der Waals surface area (Å²) in [5.74, 6) is 2.46. The van der Waals surface area contributed by atoms with Crippen molar-refractivity contribution in [2.75, 3.05) is 16.4 Å². The van der Waals surface area contributed by atoms with Crippen LogP contribution in [-0.4, -0.2) is 15.0 Å². The van der Waals surface area contributed by atoms with Crippen LogP contribution in [0.25, 0.3) is 0 Å². The minimum absolute atomic E-state index is 0.416. The Morgan fingerprint density at radius 1 is 1.14 bits per heavy atom. The van der Waals surface area contributed by atoms with E-state index >= 15 is 0 Å². The molecule has 0 fully saturated rings. The molecule has 3 heterocycles. The van der Waals surface area contributed by atoms with E-state index in [1.165, 1.54) is 6.33 Å². The smallest absolute Gasteiger partial charge is 0.160 e. The number of halogens is 1. The quantitative estimate of drug-likeness (QED) is 0.642. The van der Waals surface area contributed by atoms with Gasteiger partial charge in [-0.1, -0.05) is 0 Å². The highest BCUT2D eigenvalue weighted by atomic mass is 79.9. The molecule has 3 aromatic rings. The van der Waals surface area contributed by atoms with Crippen molar-refractivity contribution in [1.29, 1.82) is 0 Å². The van der Waals surface area contributed by atoms with E-state index in [1.807, 2.05) is 24.3 Å². The molecule has 0 saturated carbocycles. The first-order chi connectivity index (χ1) is 10.7. The minimum atomic E-state index is 0.416. The molecule has 0 aliphatic carbocycles. The fourth-order valence-corrected chi connectivity index (χ4v) is 2.03. The highest BCUT2D eigenvalue weighted by Crippen LogP contribution is 2.25. The van der Waals surface area contributed by atoms with Gasteiger partial charge in [0, 0.05) is 10.7 Å². The Bertz CT molecular complexity index is 745. The average Bonchev–Trinajstić information content (AvgIpc) is 3.04. The number of nitrogens with two attached hydrogens (primary N) is 1. The zero-order valence-electron chi connectivity index (χ0n) is 11.5. The standard InChI is InChI=1S/C14H13BrN6O/c15-9-3-4-11(17-6-9)21-14-12(16)13(19-8-20-14)18-7-10-2-1-5-22-10/h1-6,8H,7,16H2,(H2,17,18,19,20,21). The first-order valence-corrected chi connectivity index (χ1v) is 7.27. The van der Waals surface area contributed by atoms with E-state index in [0.29, 0.717) is 29.7 Å². The molecule has 0 unspecified atom stereocenters. The lowest BCUT2D eigenvalue weighted by Crippen LogP contribution is -2.08. The van der Waals surface area contributed by atoms with Gasteiger partial charge < -0.3 is 20.8 Å². The summed E-state index contributed by atoms with van der Waals surface area (Å²) in [4.78, 5) is 12.5. The molecule has 22 heavy (non-hydrogen) atoms. The van der Waals surface area contributed by atoms with Gasteiger partial charge in [-0.3, -0.25) is 0 Å². The molecular weight excluding hydrogens is 348 g/mol. The molecule has 0 atom stereocenters. The Morgan fingerprint density at radius 3 is 2.73 bits per heavy atom. The van der Waals surface area contributed by atoms with Gasteiger partial charge in [-0.05, 0) is 40.2 Å². The Hall–Kier alpha value is -2.61. The molecule has 0 bridgehead atoms. The van der Waals surface area contributed by atoms with Crippen LogP contribution in [0.5, 0.6) is 0 Å². The molecule has 4 N–H and O–H groups in total. The van der Waals surface area contributed by atoms with Crippen LogP contribution < -0.4 is 16.4 Å². The van der Waals surface area contributed by atoms with Crippen molar-refractivity contribution < 1.29 is 4.42 Å². The molecule has 0 radical (unpaired) electrons. The van der Waals surface area contributed by atoms with Gasteiger partial charge in [-0.2, -0.15) is 0 Å². The number of anilines is 4. The third-order valence-corrected chi connectivity index (χ3v) is 3.34. The summed E-state index contributed by atoms with van der Waals surface area (Å²) < 4.78 is 6.15. The number of hydrogen-bond donors (Lipinski definition) is 3. The molecule has 3 aromatic heterocycles. The van der Waals surface area contributed by atoms with Crippen molar-refractivity contribution in [3.63, 3.8) is 0 Å². The third kappa shape index (κ3) is 3.34. The van der Waals surface area contributed by atoms with Crippen LogP contribution in [0.3, 0.4) is 0 Å². The van der Waals surface area contributed by atoms with Gasteiger partial charge >= 0.3 is 0 Å². The lowest BCUT2D eigenvalue weighted by molar-refractivity contribution is 0.518. The molecule has 0 amide bonds. The number of rotatable bonds is 5. The molecule has 0 aliphatic heterocycles. The van der Waals surface area contributed by atoms with Gasteiger partial charge in [-0.15, -0.1) is 0 Å². The number of aromatic nitrogens is 3. The largest absolute Gasteiger partial charge is 0.467 e. The van der Waals surface area contributed by atoms with Gasteiger partial charge in [0.15, 0.2) is 11.6 Å². The van der Waals surface area contributed by atoms with Gasteiger partial charge in [0.2, 0.25) is 0 Å². The van der Waals surface area contributed by atoms with E-state index in [0.717, 1.165) is 10.2 Å². The molecule has 112 valence electrons. The number of nitrogens with zero attached hydrogens (tertiary/aromatic N) is 3. The summed E-state index contributed by atoms with van der Waals surface area (Å²) in [6.45, 7) is 0.490. The highest BCUT2D eigenvalue weighted by molar-refractivity contribution is 9.10. The van der Waals surface area contributed by atoms with Crippen molar-refractivity contribution in [3.8, 4) is 0 Å². The normalized spacial score (nSPS) is 10.4. The summed E-state index contributed by atoms with van der Waals surface area (Å²) in [6, 6.07) is 7.40. The predicted octanol–water partition coefficient (Wildman–Crippen LogP) is 3.17. The Kier molecular flexibility index (Phi) is 4.19. The minimum Gasteiger partial charge on any atom is -0.467 e. The summed E-state index contributed by atoms with van der Waals surface area (Å²) >= 11 is 3.34. The van der Waals surface area contributed by atoms with Crippen LogP contribution in [0.2, 0.25) is 0 Å². The highest BCUT2D eigenvalue weighted by Gasteiger charge is 2.09. The maximum atomic E-state index is 6.08. The van der Waals surface area contributed by atoms with Crippen molar-refractivity contribution in [2.45, 2.75) is 6.54 Å². The summed E-state index contributed by atoms with van der Waals surface area (Å²) in [5, 5.41) is 6.17. The van der Waals surface area contributed by atoms with Crippen LogP contribution >= 0.6 is 15.9 Å². The fourth-order valence-electron chi connectivity index (χ4n) is 1.79. The fraction of sp³-hybridized carbons (Fsp3) is 0.0714. The van der Waals surface area contributed by atoms with Crippen LogP contribution in [-0.2, 0) is 6.54 Å². The van der Waals surface area contributed by atoms with Gasteiger partial charge in [0.05, 0.1) is 12.8 Å². The Balaban J connectivity index is 1.75. The van der Waals surface area contributed by atoms with E-state index in [9.17, 15) is 0 Å². The van der Waals surface area contributed by atoms with Crippen LogP contribution in [0.4, 0.5) is 23.1 Å². The zero-order chi connectivity index (χ0) is 15.4. The second kappa shape index (κ2) is 6.44. The van der Waals surface area contributed by atoms with Crippen molar-refractivity contribution >= 4 is 39.1 Å². The summed E-state index contributed by atoms with van der Waals surface area (Å²) in [5.41, 5.74) is 6.50. The number of pyridine rings is 1. The van der Waals surface area contributed by atoms with E-state index in [4.69, 9.17) is 10.2 Å². The molecule has 0 aliphatic rings. The Labute approximate surface area is 135 Å². The topological polar surface area (TPSA) is 102 Å². The molecule has 0 spiro atoms. The lowest BCUT2D eigenvalue weighted by atomic mass is 10.4. The summed E-state index contributed by atoms with van der Waals surface area (Å²) in [6.07, 6.45) is 4.74. The molecule has 3 rings (SSSR count). The number of furan rings is 1. The van der Waals surface area contributed by atoms with E-state index in [2.05, 4.69) is 41.5 Å². The SMILES string of the molecule is Nc1c(NCc2ccco2)ncnc1Nc1ccc(Br)cn1. The van der Waals surface area contributed by atoms with E-state index in [1.54, 1.807) is 12.5 Å². The number of nitrogens with one attached hydrogen (secondary N) is 2. The average molecular weight is 361 g/mol. The van der Waals surface area contributed by atoms with Crippen molar-refractivity contribution in [1.82, 2.24) is 15.0 Å².